The summed E-state index contributed by atoms with van der Waals surface area (Å²) in [5.74, 6) is 0.142. The van der Waals surface area contributed by atoms with Crippen LogP contribution < -0.4 is 0 Å². The lowest BCUT2D eigenvalue weighted by Gasteiger charge is -2.05. The first-order valence-electron chi connectivity index (χ1n) is 4.28. The van der Waals surface area contributed by atoms with E-state index in [1.54, 1.807) is 0 Å². The molecule has 1 rings (SSSR count). The summed E-state index contributed by atoms with van der Waals surface area (Å²) in [5.41, 5.74) is 3.17. The molecule has 0 aromatic heterocycles. The van der Waals surface area contributed by atoms with Crippen LogP contribution in [-0.2, 0) is 0 Å². The van der Waals surface area contributed by atoms with Gasteiger partial charge in [-0.25, -0.2) is 0 Å². The first-order valence-corrected chi connectivity index (χ1v) is 5.19. The molecule has 70 valence electrons. The average Bonchev–Trinajstić information content (AvgIpc) is 2.08. The topological polar surface area (TPSA) is 17.1 Å². The van der Waals surface area contributed by atoms with E-state index < -0.39 is 0 Å². The molecule has 0 saturated carbocycles. The zero-order chi connectivity index (χ0) is 10.0. The number of hydrogen-bond acceptors (Lipinski definition) is 1. The highest BCUT2D eigenvalue weighted by molar-refractivity contribution is 9.10. The third-order valence-electron chi connectivity index (χ3n) is 2.15. The van der Waals surface area contributed by atoms with Crippen LogP contribution in [0.3, 0.4) is 0 Å². The van der Waals surface area contributed by atoms with Crippen molar-refractivity contribution < 1.29 is 4.79 Å². The molecule has 0 amide bonds. The normalized spacial score (nSPS) is 12.6. The Morgan fingerprint density at radius 2 is 1.92 bits per heavy atom. The van der Waals surface area contributed by atoms with E-state index in [4.69, 9.17) is 0 Å². The molecule has 1 aromatic rings. The van der Waals surface area contributed by atoms with Gasteiger partial charge >= 0.3 is 0 Å². The number of carbonyl (C=O) groups excluding carboxylic acids is 1. The van der Waals surface area contributed by atoms with Crippen LogP contribution in [0.15, 0.2) is 18.2 Å². The average molecular weight is 241 g/mol. The minimum atomic E-state index is -0.102. The number of carbonyl (C=O) groups is 1. The molecule has 13 heavy (non-hydrogen) atoms. The van der Waals surface area contributed by atoms with E-state index in [2.05, 4.69) is 15.9 Å². The van der Waals surface area contributed by atoms with Crippen LogP contribution in [0.4, 0.5) is 0 Å². The maximum atomic E-state index is 11.6. The molecule has 0 unspecified atom stereocenters. The highest BCUT2D eigenvalue weighted by Gasteiger charge is 2.11. The third kappa shape index (κ3) is 2.41. The van der Waals surface area contributed by atoms with Crippen molar-refractivity contribution >= 4 is 21.7 Å². The number of alkyl halides is 1. The Kier molecular flexibility index (Phi) is 3.26. The molecular weight excluding hydrogens is 228 g/mol. The lowest BCUT2D eigenvalue weighted by molar-refractivity contribution is 0.0996. The molecule has 0 bridgehead atoms. The Balaban J connectivity index is 3.04. The quantitative estimate of drug-likeness (QED) is 0.573. The fourth-order valence-electron chi connectivity index (χ4n) is 1.12. The molecule has 0 spiro atoms. The monoisotopic (exact) mass is 240 g/mol. The molecule has 0 saturated heterocycles. The highest BCUT2D eigenvalue weighted by Crippen LogP contribution is 2.14. The standard InChI is InChI=1S/C11H13BrO/c1-7-4-5-10(6-8(7)2)11(13)9(3)12/h4-6,9H,1-3H3/t9-/m1/s1. The summed E-state index contributed by atoms with van der Waals surface area (Å²) in [7, 11) is 0. The molecule has 2 heteroatoms. The van der Waals surface area contributed by atoms with E-state index in [1.165, 1.54) is 11.1 Å². The Bertz CT molecular complexity index is 329. The number of benzene rings is 1. The van der Waals surface area contributed by atoms with Gasteiger partial charge in [0.2, 0.25) is 0 Å². The zero-order valence-electron chi connectivity index (χ0n) is 8.10. The van der Waals surface area contributed by atoms with Crippen molar-refractivity contribution in [2.45, 2.75) is 25.6 Å². The molecular formula is C11H13BrO. The second kappa shape index (κ2) is 4.05. The smallest absolute Gasteiger partial charge is 0.176 e. The number of halogens is 1. The van der Waals surface area contributed by atoms with Crippen LogP contribution in [-0.4, -0.2) is 10.6 Å². The van der Waals surface area contributed by atoms with Gasteiger partial charge in [0.15, 0.2) is 5.78 Å². The van der Waals surface area contributed by atoms with E-state index >= 15 is 0 Å². The summed E-state index contributed by atoms with van der Waals surface area (Å²) >= 11 is 3.27. The van der Waals surface area contributed by atoms with Crippen molar-refractivity contribution in [3.05, 3.63) is 34.9 Å². The summed E-state index contributed by atoms with van der Waals surface area (Å²) in [4.78, 5) is 11.5. The first-order chi connectivity index (χ1) is 6.02. The molecule has 1 aromatic carbocycles. The van der Waals surface area contributed by atoms with Gasteiger partial charge in [0, 0.05) is 5.56 Å². The first kappa shape index (κ1) is 10.5. The SMILES string of the molecule is Cc1ccc(C(=O)[C@@H](C)Br)cc1C. The largest absolute Gasteiger partial charge is 0.293 e. The van der Waals surface area contributed by atoms with E-state index in [1.807, 2.05) is 39.0 Å². The number of hydrogen-bond donors (Lipinski definition) is 0. The fourth-order valence-corrected chi connectivity index (χ4v) is 1.39. The van der Waals surface area contributed by atoms with Crippen molar-refractivity contribution in [3.8, 4) is 0 Å². The van der Waals surface area contributed by atoms with Crippen molar-refractivity contribution in [3.63, 3.8) is 0 Å². The number of aryl methyl sites for hydroxylation is 2. The van der Waals surface area contributed by atoms with Gasteiger partial charge in [0.25, 0.3) is 0 Å². The molecule has 0 aliphatic heterocycles. The molecule has 0 fully saturated rings. The Morgan fingerprint density at radius 1 is 1.31 bits per heavy atom. The third-order valence-corrected chi connectivity index (χ3v) is 2.57. The van der Waals surface area contributed by atoms with Crippen molar-refractivity contribution in [2.24, 2.45) is 0 Å². The number of rotatable bonds is 2. The van der Waals surface area contributed by atoms with Crippen LogP contribution in [0.25, 0.3) is 0 Å². The van der Waals surface area contributed by atoms with E-state index in [-0.39, 0.29) is 10.6 Å². The lowest BCUT2D eigenvalue weighted by atomic mass is 10.0. The summed E-state index contributed by atoms with van der Waals surface area (Å²) in [6.07, 6.45) is 0. The van der Waals surface area contributed by atoms with Crippen molar-refractivity contribution in [1.82, 2.24) is 0 Å². The summed E-state index contributed by atoms with van der Waals surface area (Å²) in [6.45, 7) is 5.91. The molecule has 0 aliphatic rings. The Morgan fingerprint density at radius 3 is 2.38 bits per heavy atom. The molecule has 1 nitrogen and oxygen atoms in total. The van der Waals surface area contributed by atoms with Gasteiger partial charge in [-0.2, -0.15) is 0 Å². The molecule has 0 heterocycles. The van der Waals surface area contributed by atoms with Gasteiger partial charge in [-0.3, -0.25) is 4.79 Å². The molecule has 0 aliphatic carbocycles. The van der Waals surface area contributed by atoms with Gasteiger partial charge in [-0.15, -0.1) is 0 Å². The number of Topliss-reactive ketones (excluding diaryl/α,β-unsaturated/α-hetero) is 1. The second-order valence-corrected chi connectivity index (χ2v) is 4.65. The van der Waals surface area contributed by atoms with Crippen LogP contribution in [0.2, 0.25) is 0 Å². The fraction of sp³-hybridized carbons (Fsp3) is 0.364. The van der Waals surface area contributed by atoms with Gasteiger partial charge in [0.1, 0.15) is 0 Å². The van der Waals surface area contributed by atoms with Gasteiger partial charge in [-0.05, 0) is 38.0 Å². The second-order valence-electron chi connectivity index (χ2n) is 3.28. The molecule has 0 N–H and O–H groups in total. The van der Waals surface area contributed by atoms with Crippen LogP contribution in [0.5, 0.6) is 0 Å². The van der Waals surface area contributed by atoms with Gasteiger partial charge < -0.3 is 0 Å². The van der Waals surface area contributed by atoms with Crippen LogP contribution in [0.1, 0.15) is 28.4 Å². The summed E-state index contributed by atoms with van der Waals surface area (Å²) < 4.78 is 0. The predicted octanol–water partition coefficient (Wildman–Crippen LogP) is 3.27. The zero-order valence-corrected chi connectivity index (χ0v) is 9.68. The lowest BCUT2D eigenvalue weighted by Crippen LogP contribution is -2.10. The van der Waals surface area contributed by atoms with Gasteiger partial charge in [-0.1, -0.05) is 28.1 Å². The predicted molar refractivity (Wildman–Crippen MR) is 58.6 cm³/mol. The van der Waals surface area contributed by atoms with Crippen molar-refractivity contribution in [1.29, 1.82) is 0 Å². The highest BCUT2D eigenvalue weighted by atomic mass is 79.9. The van der Waals surface area contributed by atoms with Crippen LogP contribution in [0, 0.1) is 13.8 Å². The number of ketones is 1. The van der Waals surface area contributed by atoms with E-state index in [0.717, 1.165) is 5.56 Å². The molecule has 0 radical (unpaired) electrons. The maximum absolute atomic E-state index is 11.6. The van der Waals surface area contributed by atoms with Crippen molar-refractivity contribution in [2.75, 3.05) is 0 Å². The minimum absolute atomic E-state index is 0.102. The van der Waals surface area contributed by atoms with E-state index in [9.17, 15) is 4.79 Å². The van der Waals surface area contributed by atoms with Crippen LogP contribution >= 0.6 is 15.9 Å². The summed E-state index contributed by atoms with van der Waals surface area (Å²) in [5, 5.41) is 0. The Labute approximate surface area is 87.3 Å². The Hall–Kier alpha value is -0.630. The van der Waals surface area contributed by atoms with Gasteiger partial charge in [0.05, 0.1) is 4.83 Å². The summed E-state index contributed by atoms with van der Waals surface area (Å²) in [6, 6.07) is 5.80. The molecule has 1 atom stereocenters. The minimum Gasteiger partial charge on any atom is -0.293 e. The van der Waals surface area contributed by atoms with E-state index in [0.29, 0.717) is 0 Å². The maximum Gasteiger partial charge on any atom is 0.176 e.